The van der Waals surface area contributed by atoms with Crippen LogP contribution in [0.25, 0.3) is 22.1 Å². The Morgan fingerprint density at radius 3 is 1.77 bits per heavy atom. The Bertz CT molecular complexity index is 1640. The fourth-order valence-corrected chi connectivity index (χ4v) is 5.63. The highest BCUT2D eigenvalue weighted by molar-refractivity contribution is 6.04. The van der Waals surface area contributed by atoms with Crippen LogP contribution in [-0.2, 0) is 9.59 Å². The summed E-state index contributed by atoms with van der Waals surface area (Å²) < 4.78 is 5.63. The number of carboxylic acids is 2. The van der Waals surface area contributed by atoms with Crippen LogP contribution < -0.4 is 10.6 Å². The zero-order chi connectivity index (χ0) is 32.4. The number of carbonyl (C=O) groups excluding carboxylic acids is 2. The number of anilines is 1. The predicted octanol–water partition coefficient (Wildman–Crippen LogP) is 6.94. The number of furan rings is 1. The van der Waals surface area contributed by atoms with E-state index >= 15 is 0 Å². The Morgan fingerprint density at radius 2 is 1.27 bits per heavy atom. The molecular weight excluding hydrogens is 560 g/mol. The van der Waals surface area contributed by atoms with Gasteiger partial charge in [0.25, 0.3) is 11.8 Å². The smallest absolute Gasteiger partial charge is 0.326 e. The molecule has 1 aromatic heterocycles. The molecule has 0 fully saturated rings. The van der Waals surface area contributed by atoms with Gasteiger partial charge in [-0.15, -0.1) is 0 Å². The lowest BCUT2D eigenvalue weighted by molar-refractivity contribution is -0.155. The van der Waals surface area contributed by atoms with Crippen molar-refractivity contribution in [2.75, 3.05) is 5.32 Å². The third kappa shape index (κ3) is 7.16. The lowest BCUT2D eigenvalue weighted by Crippen LogP contribution is -2.56. The van der Waals surface area contributed by atoms with Gasteiger partial charge in [-0.25, -0.2) is 4.79 Å². The van der Waals surface area contributed by atoms with Gasteiger partial charge in [-0.2, -0.15) is 0 Å². The second-order valence-electron chi connectivity index (χ2n) is 13.1. The van der Waals surface area contributed by atoms with Gasteiger partial charge >= 0.3 is 11.9 Å². The van der Waals surface area contributed by atoms with Gasteiger partial charge in [-0.1, -0.05) is 84.0 Å². The molecule has 0 radical (unpaired) electrons. The number of nitrogens with one attached hydrogen (secondary N) is 2. The van der Waals surface area contributed by atoms with Gasteiger partial charge in [0, 0.05) is 22.6 Å². The molecule has 9 nitrogen and oxygen atoms in total. The Labute approximate surface area is 256 Å². The zero-order valence-electron chi connectivity index (χ0n) is 25.7. The molecule has 4 N–H and O–H groups in total. The first kappa shape index (κ1) is 32.0. The van der Waals surface area contributed by atoms with Crippen LogP contribution in [0.1, 0.15) is 62.5 Å². The van der Waals surface area contributed by atoms with Gasteiger partial charge in [0.05, 0.1) is 5.92 Å². The topological polar surface area (TPSA) is 146 Å². The fourth-order valence-electron chi connectivity index (χ4n) is 5.63. The standard InChI is InChI=1S/C35H38N2O7/c1-34(2,3)27(28(32(40)41)35(4,5)6)29(33(42)43)37-30(38)22-13-11-20(12-14-22)21-15-17-24(18-16-21)36-31(39)26-19-23-9-7-8-10-25(23)44-26/h7-19,27-29H,1-6H3,(H,36,39)(H,37,38)(H,40,41)(H,42,43). The van der Waals surface area contributed by atoms with E-state index in [0.29, 0.717) is 11.3 Å². The maximum absolute atomic E-state index is 13.2. The van der Waals surface area contributed by atoms with E-state index < -0.39 is 46.6 Å². The molecule has 0 aliphatic rings. The number of hydrogen-bond acceptors (Lipinski definition) is 5. The van der Waals surface area contributed by atoms with Crippen molar-refractivity contribution < 1.29 is 33.8 Å². The first-order chi connectivity index (χ1) is 20.6. The lowest BCUT2D eigenvalue weighted by Gasteiger charge is -2.44. The Morgan fingerprint density at radius 1 is 0.705 bits per heavy atom. The van der Waals surface area contributed by atoms with E-state index in [1.807, 2.05) is 30.3 Å². The number of amides is 2. The van der Waals surface area contributed by atoms with E-state index in [9.17, 15) is 29.4 Å². The molecule has 230 valence electrons. The highest BCUT2D eigenvalue weighted by Crippen LogP contribution is 2.43. The van der Waals surface area contributed by atoms with E-state index in [1.54, 1.807) is 90.1 Å². The van der Waals surface area contributed by atoms with Crippen molar-refractivity contribution in [3.05, 3.63) is 90.2 Å². The van der Waals surface area contributed by atoms with Crippen LogP contribution in [0.4, 0.5) is 5.69 Å². The van der Waals surface area contributed by atoms with Crippen LogP contribution in [-0.4, -0.2) is 40.0 Å². The third-order valence-corrected chi connectivity index (χ3v) is 7.74. The maximum atomic E-state index is 13.2. The van der Waals surface area contributed by atoms with Crippen molar-refractivity contribution in [3.8, 4) is 11.1 Å². The van der Waals surface area contributed by atoms with Gasteiger partial charge in [0.2, 0.25) is 0 Å². The van der Waals surface area contributed by atoms with Crippen molar-refractivity contribution in [1.29, 1.82) is 0 Å². The number of hydrogen-bond donors (Lipinski definition) is 4. The molecule has 0 aliphatic heterocycles. The quantitative estimate of drug-likeness (QED) is 0.163. The summed E-state index contributed by atoms with van der Waals surface area (Å²) in [6.07, 6.45) is 0. The van der Waals surface area contributed by atoms with Crippen molar-refractivity contribution in [2.24, 2.45) is 22.7 Å². The van der Waals surface area contributed by atoms with Crippen LogP contribution in [0.5, 0.6) is 0 Å². The van der Waals surface area contributed by atoms with Crippen molar-refractivity contribution >= 4 is 40.4 Å². The Balaban J connectivity index is 1.48. The van der Waals surface area contributed by atoms with Crippen LogP contribution >= 0.6 is 0 Å². The number of fused-ring (bicyclic) bond motifs is 1. The lowest BCUT2D eigenvalue weighted by atomic mass is 9.61. The molecule has 4 aromatic rings. The predicted molar refractivity (Wildman–Crippen MR) is 168 cm³/mol. The first-order valence-corrected chi connectivity index (χ1v) is 14.3. The molecule has 44 heavy (non-hydrogen) atoms. The van der Waals surface area contributed by atoms with E-state index in [4.69, 9.17) is 4.42 Å². The van der Waals surface area contributed by atoms with Crippen LogP contribution in [0.15, 0.2) is 83.3 Å². The minimum atomic E-state index is -1.43. The highest BCUT2D eigenvalue weighted by atomic mass is 16.4. The van der Waals surface area contributed by atoms with E-state index in [-0.39, 0.29) is 17.2 Å². The number of benzene rings is 3. The largest absolute Gasteiger partial charge is 0.481 e. The van der Waals surface area contributed by atoms with Gasteiger partial charge < -0.3 is 25.3 Å². The molecule has 9 heteroatoms. The first-order valence-electron chi connectivity index (χ1n) is 14.3. The molecular formula is C35H38N2O7. The second-order valence-corrected chi connectivity index (χ2v) is 13.1. The van der Waals surface area contributed by atoms with E-state index in [2.05, 4.69) is 10.6 Å². The number of carbonyl (C=O) groups is 4. The third-order valence-electron chi connectivity index (χ3n) is 7.74. The molecule has 3 unspecified atom stereocenters. The number of para-hydroxylation sites is 1. The number of rotatable bonds is 9. The van der Waals surface area contributed by atoms with E-state index in [1.165, 1.54) is 0 Å². The van der Waals surface area contributed by atoms with Crippen molar-refractivity contribution in [1.82, 2.24) is 5.32 Å². The summed E-state index contributed by atoms with van der Waals surface area (Å²) >= 11 is 0. The molecule has 3 atom stereocenters. The molecule has 0 saturated carbocycles. The van der Waals surface area contributed by atoms with Gasteiger partial charge in [0.15, 0.2) is 5.76 Å². The summed E-state index contributed by atoms with van der Waals surface area (Å²) in [5.41, 5.74) is 1.60. The summed E-state index contributed by atoms with van der Waals surface area (Å²) in [4.78, 5) is 50.7. The molecule has 0 bridgehead atoms. The summed E-state index contributed by atoms with van der Waals surface area (Å²) in [6.45, 7) is 10.6. The number of carboxylic acid groups (broad SMARTS) is 2. The molecule has 1 heterocycles. The minimum absolute atomic E-state index is 0.208. The van der Waals surface area contributed by atoms with Crippen LogP contribution in [0.2, 0.25) is 0 Å². The monoisotopic (exact) mass is 598 g/mol. The molecule has 0 spiro atoms. The zero-order valence-corrected chi connectivity index (χ0v) is 25.7. The molecule has 2 amide bonds. The molecule has 0 saturated heterocycles. The second kappa shape index (κ2) is 12.4. The van der Waals surface area contributed by atoms with Crippen LogP contribution in [0, 0.1) is 22.7 Å². The molecule has 3 aromatic carbocycles. The van der Waals surface area contributed by atoms with Crippen molar-refractivity contribution in [3.63, 3.8) is 0 Å². The Kier molecular flexibility index (Phi) is 8.99. The molecule has 4 rings (SSSR count). The van der Waals surface area contributed by atoms with Gasteiger partial charge in [-0.05, 0) is 58.4 Å². The summed E-state index contributed by atoms with van der Waals surface area (Å²) in [7, 11) is 0. The van der Waals surface area contributed by atoms with Crippen molar-refractivity contribution in [2.45, 2.75) is 47.6 Å². The minimum Gasteiger partial charge on any atom is -0.481 e. The average Bonchev–Trinajstić information content (AvgIpc) is 3.38. The average molecular weight is 599 g/mol. The fraction of sp³-hybridized carbons (Fsp3) is 0.314. The summed E-state index contributed by atoms with van der Waals surface area (Å²) in [5, 5.41) is 26.5. The van der Waals surface area contributed by atoms with Crippen LogP contribution in [0.3, 0.4) is 0 Å². The SMILES string of the molecule is CC(C)(C)C(C(=O)O)C(C(NC(=O)c1ccc(-c2ccc(NC(=O)c3cc4ccccc4o3)cc2)cc1)C(=O)O)C(C)(C)C. The highest BCUT2D eigenvalue weighted by Gasteiger charge is 2.50. The summed E-state index contributed by atoms with van der Waals surface area (Å²) in [5.74, 6) is -5.10. The summed E-state index contributed by atoms with van der Waals surface area (Å²) in [6, 6.07) is 21.5. The molecule has 0 aliphatic carbocycles. The van der Waals surface area contributed by atoms with Gasteiger partial charge in [0.1, 0.15) is 11.6 Å². The Hall–Kier alpha value is -4.92. The van der Waals surface area contributed by atoms with Gasteiger partial charge in [-0.3, -0.25) is 14.4 Å². The number of aliphatic carboxylic acids is 2. The van der Waals surface area contributed by atoms with E-state index in [0.717, 1.165) is 16.5 Å². The maximum Gasteiger partial charge on any atom is 0.326 e. The normalized spacial score (nSPS) is 14.0.